The van der Waals surface area contributed by atoms with E-state index in [1.165, 1.54) is 5.56 Å². The zero-order valence-electron chi connectivity index (χ0n) is 10.1. The zero-order valence-corrected chi connectivity index (χ0v) is 10.8. The van der Waals surface area contributed by atoms with Crippen molar-refractivity contribution in [2.24, 2.45) is 0 Å². The van der Waals surface area contributed by atoms with Gasteiger partial charge in [0, 0.05) is 5.69 Å². The molecule has 0 atom stereocenters. The summed E-state index contributed by atoms with van der Waals surface area (Å²) in [5.74, 6) is 0. The minimum Gasteiger partial charge on any atom is -0.319 e. The van der Waals surface area contributed by atoms with Crippen molar-refractivity contribution in [2.75, 3.05) is 13.6 Å². The highest BCUT2D eigenvalue weighted by atomic mass is 35.5. The third kappa shape index (κ3) is 2.51. The van der Waals surface area contributed by atoms with E-state index < -0.39 is 0 Å². The molecule has 90 valence electrons. The fourth-order valence-corrected chi connectivity index (χ4v) is 2.03. The Labute approximate surface area is 106 Å². The Morgan fingerprint density at radius 3 is 2.82 bits per heavy atom. The smallest absolute Gasteiger partial charge is 0.0834 e. The Hall–Kier alpha value is -1.32. The monoisotopic (exact) mass is 249 g/mol. The third-order valence-electron chi connectivity index (χ3n) is 2.84. The minimum absolute atomic E-state index is 0.721. The molecule has 0 fully saturated rings. The van der Waals surface area contributed by atoms with Crippen molar-refractivity contribution in [3.63, 3.8) is 0 Å². The van der Waals surface area contributed by atoms with E-state index in [0.717, 1.165) is 29.4 Å². The fourth-order valence-electron chi connectivity index (χ4n) is 1.81. The van der Waals surface area contributed by atoms with Crippen LogP contribution in [0.15, 0.2) is 30.5 Å². The summed E-state index contributed by atoms with van der Waals surface area (Å²) in [7, 11) is 1.95. The first-order chi connectivity index (χ1) is 8.24. The molecule has 0 spiro atoms. The van der Waals surface area contributed by atoms with Gasteiger partial charge >= 0.3 is 0 Å². The van der Waals surface area contributed by atoms with E-state index in [0.29, 0.717) is 0 Å². The van der Waals surface area contributed by atoms with Crippen molar-refractivity contribution in [3.8, 4) is 5.69 Å². The highest BCUT2D eigenvalue weighted by Crippen LogP contribution is 2.21. The second-order valence-corrected chi connectivity index (χ2v) is 4.38. The van der Waals surface area contributed by atoms with E-state index in [9.17, 15) is 0 Å². The summed E-state index contributed by atoms with van der Waals surface area (Å²) in [4.78, 5) is 0. The molecule has 2 aromatic rings. The van der Waals surface area contributed by atoms with Gasteiger partial charge in [-0.2, -0.15) is 5.10 Å². The molecule has 0 aliphatic heterocycles. The topological polar surface area (TPSA) is 29.9 Å². The molecule has 0 saturated carbocycles. The molecule has 17 heavy (non-hydrogen) atoms. The van der Waals surface area contributed by atoms with Crippen molar-refractivity contribution in [1.29, 1.82) is 0 Å². The quantitative estimate of drug-likeness (QED) is 0.903. The van der Waals surface area contributed by atoms with Crippen molar-refractivity contribution in [2.45, 2.75) is 13.3 Å². The molecule has 0 saturated heterocycles. The van der Waals surface area contributed by atoms with Crippen molar-refractivity contribution in [3.05, 3.63) is 46.7 Å². The molecule has 1 N–H and O–H groups in total. The molecular formula is C13H16ClN3. The Kier molecular flexibility index (Phi) is 3.82. The first kappa shape index (κ1) is 12.1. The second kappa shape index (κ2) is 5.34. The second-order valence-electron chi connectivity index (χ2n) is 3.97. The van der Waals surface area contributed by atoms with E-state index in [-0.39, 0.29) is 0 Å². The van der Waals surface area contributed by atoms with Gasteiger partial charge in [-0.25, -0.2) is 4.68 Å². The maximum absolute atomic E-state index is 6.17. The van der Waals surface area contributed by atoms with E-state index in [2.05, 4.69) is 17.3 Å². The van der Waals surface area contributed by atoms with Gasteiger partial charge in [0.2, 0.25) is 0 Å². The summed E-state index contributed by atoms with van der Waals surface area (Å²) in [5.41, 5.74) is 3.33. The Balaban J connectivity index is 2.34. The molecule has 0 bridgehead atoms. The van der Waals surface area contributed by atoms with Crippen molar-refractivity contribution in [1.82, 2.24) is 15.1 Å². The van der Waals surface area contributed by atoms with Gasteiger partial charge in [-0.15, -0.1) is 0 Å². The summed E-state index contributed by atoms with van der Waals surface area (Å²) < 4.78 is 1.90. The van der Waals surface area contributed by atoms with Gasteiger partial charge in [-0.05, 0) is 44.6 Å². The molecule has 0 aliphatic carbocycles. The number of para-hydroxylation sites is 1. The van der Waals surface area contributed by atoms with Crippen LogP contribution < -0.4 is 5.32 Å². The van der Waals surface area contributed by atoms with Crippen LogP contribution in [-0.2, 0) is 6.42 Å². The van der Waals surface area contributed by atoms with Crippen LogP contribution >= 0.6 is 11.6 Å². The Bertz CT molecular complexity index is 505. The van der Waals surface area contributed by atoms with Gasteiger partial charge < -0.3 is 5.32 Å². The van der Waals surface area contributed by atoms with Crippen molar-refractivity contribution >= 4 is 11.6 Å². The van der Waals surface area contributed by atoms with Crippen LogP contribution in [0.5, 0.6) is 0 Å². The Morgan fingerprint density at radius 2 is 2.12 bits per heavy atom. The molecule has 1 aromatic heterocycles. The molecule has 4 heteroatoms. The predicted octanol–water partition coefficient (Wildman–Crippen LogP) is 2.60. The lowest BCUT2D eigenvalue weighted by Crippen LogP contribution is -2.10. The van der Waals surface area contributed by atoms with Crippen LogP contribution in [0.3, 0.4) is 0 Å². The van der Waals surface area contributed by atoms with E-state index in [1.54, 1.807) is 0 Å². The fraction of sp³-hybridized carbons (Fsp3) is 0.308. The first-order valence-corrected chi connectivity index (χ1v) is 6.05. The van der Waals surface area contributed by atoms with Crippen LogP contribution in [0.1, 0.15) is 11.3 Å². The number of nitrogens with zero attached hydrogens (tertiary/aromatic N) is 2. The average molecular weight is 250 g/mol. The van der Waals surface area contributed by atoms with Crippen LogP contribution in [0, 0.1) is 6.92 Å². The molecular weight excluding hydrogens is 234 g/mol. The lowest BCUT2D eigenvalue weighted by atomic mass is 10.2. The number of nitrogens with one attached hydrogen (secondary N) is 1. The van der Waals surface area contributed by atoms with E-state index in [1.807, 2.05) is 42.2 Å². The molecule has 3 nitrogen and oxygen atoms in total. The molecule has 0 unspecified atom stereocenters. The maximum atomic E-state index is 6.17. The van der Waals surface area contributed by atoms with Gasteiger partial charge in [-0.3, -0.25) is 0 Å². The number of aromatic nitrogens is 2. The molecule has 2 rings (SSSR count). The standard InChI is InChI=1S/C13H16ClN3/c1-10-11(7-8-15-2)9-16-17(10)13-6-4-3-5-12(13)14/h3-6,9,15H,7-8H2,1-2H3. The largest absolute Gasteiger partial charge is 0.319 e. The zero-order chi connectivity index (χ0) is 12.3. The molecule has 0 amide bonds. The lowest BCUT2D eigenvalue weighted by Gasteiger charge is -2.07. The van der Waals surface area contributed by atoms with Crippen LogP contribution in [0.2, 0.25) is 5.02 Å². The van der Waals surface area contributed by atoms with Crippen molar-refractivity contribution < 1.29 is 0 Å². The van der Waals surface area contributed by atoms with Gasteiger partial charge in [0.15, 0.2) is 0 Å². The third-order valence-corrected chi connectivity index (χ3v) is 3.16. The molecule has 1 aromatic carbocycles. The summed E-state index contributed by atoms with van der Waals surface area (Å²) in [6, 6.07) is 7.75. The molecule has 1 heterocycles. The number of halogens is 1. The number of benzene rings is 1. The molecule has 0 radical (unpaired) electrons. The van der Waals surface area contributed by atoms with Gasteiger partial charge in [0.1, 0.15) is 0 Å². The van der Waals surface area contributed by atoms with Gasteiger partial charge in [0.25, 0.3) is 0 Å². The highest BCUT2D eigenvalue weighted by Gasteiger charge is 2.09. The number of hydrogen-bond donors (Lipinski definition) is 1. The van der Waals surface area contributed by atoms with E-state index in [4.69, 9.17) is 11.6 Å². The average Bonchev–Trinajstić information content (AvgIpc) is 2.69. The van der Waals surface area contributed by atoms with Gasteiger partial charge in [0.05, 0.1) is 16.9 Å². The highest BCUT2D eigenvalue weighted by molar-refractivity contribution is 6.32. The summed E-state index contributed by atoms with van der Waals surface area (Å²) >= 11 is 6.17. The molecule has 0 aliphatic rings. The van der Waals surface area contributed by atoms with Crippen LogP contribution in [0.4, 0.5) is 0 Å². The van der Waals surface area contributed by atoms with Crippen LogP contribution in [-0.4, -0.2) is 23.4 Å². The number of rotatable bonds is 4. The maximum Gasteiger partial charge on any atom is 0.0834 e. The summed E-state index contributed by atoms with van der Waals surface area (Å²) in [5, 5.41) is 8.27. The van der Waals surface area contributed by atoms with Gasteiger partial charge in [-0.1, -0.05) is 23.7 Å². The first-order valence-electron chi connectivity index (χ1n) is 5.67. The summed E-state index contributed by atoms with van der Waals surface area (Å²) in [6.45, 7) is 3.02. The predicted molar refractivity (Wildman–Crippen MR) is 70.9 cm³/mol. The lowest BCUT2D eigenvalue weighted by molar-refractivity contribution is 0.784. The summed E-state index contributed by atoms with van der Waals surface area (Å²) in [6.07, 6.45) is 2.89. The minimum atomic E-state index is 0.721. The number of likely N-dealkylation sites (N-methyl/N-ethyl adjacent to an activating group) is 1. The van der Waals surface area contributed by atoms with E-state index >= 15 is 0 Å². The normalized spacial score (nSPS) is 10.8. The Morgan fingerprint density at radius 1 is 1.35 bits per heavy atom. The SMILES string of the molecule is CNCCc1cnn(-c2ccccc2Cl)c1C. The number of hydrogen-bond acceptors (Lipinski definition) is 2. The van der Waals surface area contributed by atoms with Crippen LogP contribution in [0.25, 0.3) is 5.69 Å².